The molecule has 0 bridgehead atoms. The van der Waals surface area contributed by atoms with E-state index in [1.54, 1.807) is 0 Å². The van der Waals surface area contributed by atoms with Crippen LogP contribution in [0.25, 0.3) is 0 Å². The van der Waals surface area contributed by atoms with E-state index in [9.17, 15) is 14.4 Å². The molecule has 0 atom stereocenters. The highest BCUT2D eigenvalue weighted by Gasteiger charge is 2.11. The number of imide groups is 1. The zero-order valence-electron chi connectivity index (χ0n) is 10.1. The number of carboxylic acid groups (broad SMARTS) is 1. The summed E-state index contributed by atoms with van der Waals surface area (Å²) in [6, 6.07) is 5.29. The maximum absolute atomic E-state index is 11.5. The minimum atomic E-state index is -1.13. The third-order valence-electron chi connectivity index (χ3n) is 2.16. The summed E-state index contributed by atoms with van der Waals surface area (Å²) in [5, 5.41) is 21.6. The van der Waals surface area contributed by atoms with Crippen LogP contribution in [-0.2, 0) is 9.59 Å². The van der Waals surface area contributed by atoms with E-state index in [2.05, 4.69) is 5.32 Å². The minimum absolute atomic E-state index is 0.175. The van der Waals surface area contributed by atoms with Crippen molar-refractivity contribution in [3.8, 4) is 6.07 Å². The van der Waals surface area contributed by atoms with Crippen molar-refractivity contribution in [3.63, 3.8) is 0 Å². The van der Waals surface area contributed by atoms with Gasteiger partial charge in [0.15, 0.2) is 0 Å². The van der Waals surface area contributed by atoms with Crippen LogP contribution in [0.4, 0.5) is 10.5 Å². The molecule has 0 spiro atoms. The number of nitriles is 1. The molecule has 7 nitrogen and oxygen atoms in total. The Labute approximate surface area is 119 Å². The van der Waals surface area contributed by atoms with Gasteiger partial charge in [-0.25, -0.2) is 4.79 Å². The van der Waals surface area contributed by atoms with Gasteiger partial charge in [0.1, 0.15) is 0 Å². The molecule has 3 amide bonds. The van der Waals surface area contributed by atoms with E-state index in [0.717, 1.165) is 0 Å². The van der Waals surface area contributed by atoms with Gasteiger partial charge in [0.25, 0.3) is 0 Å². The van der Waals surface area contributed by atoms with Crippen LogP contribution in [0.2, 0.25) is 5.02 Å². The SMILES string of the molecule is N#Cc1ccc(Cl)c(NC(=O)NC(=O)CCC(=O)O)c1. The first kappa shape index (κ1) is 15.5. The molecule has 1 aromatic carbocycles. The molecule has 0 aliphatic heterocycles. The molecule has 1 aromatic rings. The Morgan fingerprint density at radius 2 is 2.00 bits per heavy atom. The van der Waals surface area contributed by atoms with Crippen molar-refractivity contribution in [3.05, 3.63) is 28.8 Å². The first-order valence-electron chi connectivity index (χ1n) is 5.44. The molecule has 104 valence electrons. The number of hydrogen-bond donors (Lipinski definition) is 3. The number of rotatable bonds is 4. The second kappa shape index (κ2) is 7.11. The van der Waals surface area contributed by atoms with Crippen molar-refractivity contribution in [2.75, 3.05) is 5.32 Å². The van der Waals surface area contributed by atoms with Gasteiger partial charge >= 0.3 is 12.0 Å². The summed E-state index contributed by atoms with van der Waals surface area (Å²) in [6.07, 6.45) is -0.682. The number of carboxylic acids is 1. The second-order valence-corrected chi connectivity index (χ2v) is 4.11. The van der Waals surface area contributed by atoms with Crippen LogP contribution in [0.5, 0.6) is 0 Å². The number of benzene rings is 1. The molecule has 0 saturated carbocycles. The van der Waals surface area contributed by atoms with Gasteiger partial charge in [0, 0.05) is 6.42 Å². The van der Waals surface area contributed by atoms with Crippen molar-refractivity contribution in [1.82, 2.24) is 5.32 Å². The minimum Gasteiger partial charge on any atom is -0.481 e. The molecule has 0 aliphatic rings. The van der Waals surface area contributed by atoms with Crippen molar-refractivity contribution in [2.45, 2.75) is 12.8 Å². The van der Waals surface area contributed by atoms with Crippen molar-refractivity contribution in [1.29, 1.82) is 5.26 Å². The monoisotopic (exact) mass is 295 g/mol. The molecule has 0 aromatic heterocycles. The van der Waals surface area contributed by atoms with Crippen LogP contribution in [0.15, 0.2) is 18.2 Å². The Hall–Kier alpha value is -2.59. The Morgan fingerprint density at radius 3 is 2.60 bits per heavy atom. The molecule has 20 heavy (non-hydrogen) atoms. The first-order chi connectivity index (χ1) is 9.42. The maximum Gasteiger partial charge on any atom is 0.325 e. The number of hydrogen-bond acceptors (Lipinski definition) is 4. The van der Waals surface area contributed by atoms with E-state index in [1.807, 2.05) is 11.4 Å². The Kier molecular flexibility index (Phi) is 5.50. The fraction of sp³-hybridized carbons (Fsp3) is 0.167. The average molecular weight is 296 g/mol. The number of halogens is 1. The van der Waals surface area contributed by atoms with E-state index >= 15 is 0 Å². The van der Waals surface area contributed by atoms with Gasteiger partial charge < -0.3 is 10.4 Å². The number of nitrogens with zero attached hydrogens (tertiary/aromatic N) is 1. The number of carbonyl (C=O) groups is 3. The van der Waals surface area contributed by atoms with Crippen LogP contribution in [0.3, 0.4) is 0 Å². The fourth-order valence-electron chi connectivity index (χ4n) is 1.25. The molecule has 0 fully saturated rings. The van der Waals surface area contributed by atoms with Crippen molar-refractivity contribution >= 4 is 35.2 Å². The number of carbonyl (C=O) groups excluding carboxylic acids is 2. The summed E-state index contributed by atoms with van der Waals surface area (Å²) in [7, 11) is 0. The van der Waals surface area contributed by atoms with E-state index in [-0.39, 0.29) is 23.6 Å². The topological polar surface area (TPSA) is 119 Å². The van der Waals surface area contributed by atoms with E-state index in [4.69, 9.17) is 22.0 Å². The molecular weight excluding hydrogens is 286 g/mol. The molecule has 0 saturated heterocycles. The molecule has 1 rings (SSSR count). The highest BCUT2D eigenvalue weighted by molar-refractivity contribution is 6.33. The largest absolute Gasteiger partial charge is 0.481 e. The van der Waals surface area contributed by atoms with Crippen LogP contribution < -0.4 is 10.6 Å². The van der Waals surface area contributed by atoms with Gasteiger partial charge in [-0.1, -0.05) is 11.6 Å². The number of aliphatic carboxylic acids is 1. The van der Waals surface area contributed by atoms with Gasteiger partial charge in [-0.3, -0.25) is 14.9 Å². The van der Waals surface area contributed by atoms with Crippen LogP contribution in [-0.4, -0.2) is 23.0 Å². The number of urea groups is 1. The van der Waals surface area contributed by atoms with Gasteiger partial charge in [0.05, 0.1) is 28.8 Å². The summed E-state index contributed by atoms with van der Waals surface area (Å²) in [5.41, 5.74) is 0.469. The van der Waals surface area contributed by atoms with E-state index in [1.165, 1.54) is 18.2 Å². The van der Waals surface area contributed by atoms with Gasteiger partial charge in [-0.05, 0) is 18.2 Å². The van der Waals surface area contributed by atoms with Crippen LogP contribution in [0, 0.1) is 11.3 Å². The standard InChI is InChI=1S/C12H10ClN3O4/c13-8-2-1-7(6-14)5-9(8)15-12(20)16-10(17)3-4-11(18)19/h1-2,5H,3-4H2,(H,18,19)(H2,15,16,17,20). The normalized spacial score (nSPS) is 9.40. The lowest BCUT2D eigenvalue weighted by atomic mass is 10.2. The third-order valence-corrected chi connectivity index (χ3v) is 2.49. The molecule has 3 N–H and O–H groups in total. The molecular formula is C12H10ClN3O4. The predicted octanol–water partition coefficient (Wildman–Crippen LogP) is 1.72. The number of anilines is 1. The van der Waals surface area contributed by atoms with Gasteiger partial charge in [-0.2, -0.15) is 5.26 Å². The molecule has 0 radical (unpaired) electrons. The average Bonchev–Trinajstić information content (AvgIpc) is 2.39. The molecule has 8 heteroatoms. The van der Waals surface area contributed by atoms with E-state index < -0.39 is 17.9 Å². The van der Waals surface area contributed by atoms with Gasteiger partial charge in [0.2, 0.25) is 5.91 Å². The Bertz CT molecular complexity index is 595. The van der Waals surface area contributed by atoms with Crippen LogP contribution >= 0.6 is 11.6 Å². The Balaban J connectivity index is 2.61. The fourth-order valence-corrected chi connectivity index (χ4v) is 1.42. The predicted molar refractivity (Wildman–Crippen MR) is 70.2 cm³/mol. The molecule has 0 unspecified atom stereocenters. The summed E-state index contributed by atoms with van der Waals surface area (Å²) in [6.45, 7) is 0. The lowest BCUT2D eigenvalue weighted by Gasteiger charge is -2.08. The lowest BCUT2D eigenvalue weighted by molar-refractivity contribution is -0.138. The Morgan fingerprint density at radius 1 is 1.30 bits per heavy atom. The van der Waals surface area contributed by atoms with Crippen LogP contribution in [0.1, 0.15) is 18.4 Å². The van der Waals surface area contributed by atoms with Crippen molar-refractivity contribution < 1.29 is 19.5 Å². The quantitative estimate of drug-likeness (QED) is 0.781. The highest BCUT2D eigenvalue weighted by atomic mass is 35.5. The zero-order valence-corrected chi connectivity index (χ0v) is 10.9. The second-order valence-electron chi connectivity index (χ2n) is 3.70. The lowest BCUT2D eigenvalue weighted by Crippen LogP contribution is -2.34. The van der Waals surface area contributed by atoms with E-state index in [0.29, 0.717) is 5.56 Å². The summed E-state index contributed by atoms with van der Waals surface area (Å²) < 4.78 is 0. The maximum atomic E-state index is 11.5. The van der Waals surface area contributed by atoms with Crippen molar-refractivity contribution in [2.24, 2.45) is 0 Å². The number of nitrogens with one attached hydrogen (secondary N) is 2. The van der Waals surface area contributed by atoms with Gasteiger partial charge in [-0.15, -0.1) is 0 Å². The third kappa shape index (κ3) is 4.96. The summed E-state index contributed by atoms with van der Waals surface area (Å²) in [4.78, 5) is 33.0. The zero-order chi connectivity index (χ0) is 15.1. The first-order valence-corrected chi connectivity index (χ1v) is 5.82. The smallest absolute Gasteiger partial charge is 0.325 e. The molecule has 0 aliphatic carbocycles. The highest BCUT2D eigenvalue weighted by Crippen LogP contribution is 2.22. The number of amides is 3. The summed E-state index contributed by atoms with van der Waals surface area (Å²) in [5.74, 6) is -1.86. The molecule has 0 heterocycles. The summed E-state index contributed by atoms with van der Waals surface area (Å²) >= 11 is 5.82.